The molecule has 0 spiro atoms. The Morgan fingerprint density at radius 1 is 0.862 bits per heavy atom. The van der Waals surface area contributed by atoms with E-state index in [4.69, 9.17) is 21.6 Å². The topological polar surface area (TPSA) is 181 Å². The molecule has 6 aliphatic rings. The summed E-state index contributed by atoms with van der Waals surface area (Å²) in [5.41, 5.74) is 2.38. The molecule has 3 saturated heterocycles. The third-order valence-corrected chi connectivity index (χ3v) is 13.2. The van der Waals surface area contributed by atoms with E-state index in [0.717, 1.165) is 88.4 Å². The van der Waals surface area contributed by atoms with E-state index in [-0.39, 0.29) is 30.9 Å². The van der Waals surface area contributed by atoms with E-state index in [1.54, 1.807) is 42.7 Å². The fourth-order valence-electron chi connectivity index (χ4n) is 9.77. The number of hydrogen-bond acceptors (Lipinski definition) is 12. The van der Waals surface area contributed by atoms with Crippen LogP contribution in [0.2, 0.25) is 5.02 Å². The lowest BCUT2D eigenvalue weighted by Gasteiger charge is -2.38. The Labute approximate surface area is 340 Å². The molecule has 4 atom stereocenters. The number of rotatable bonds is 8. The molecule has 2 aliphatic carbocycles. The van der Waals surface area contributed by atoms with Gasteiger partial charge in [-0.2, -0.15) is 5.26 Å². The van der Waals surface area contributed by atoms with Crippen LogP contribution in [0.15, 0.2) is 48.8 Å². The Morgan fingerprint density at radius 3 is 2.24 bits per heavy atom. The molecule has 2 N–H and O–H groups in total. The molecule has 58 heavy (non-hydrogen) atoms. The fraction of sp³-hybridized carbons (Fsp3) is 0.476. The van der Waals surface area contributed by atoms with Crippen molar-refractivity contribution >= 4 is 52.8 Å². The summed E-state index contributed by atoms with van der Waals surface area (Å²) in [6, 6.07) is 12.1. The van der Waals surface area contributed by atoms with Crippen molar-refractivity contribution < 1.29 is 28.7 Å². The van der Waals surface area contributed by atoms with Crippen LogP contribution in [0.3, 0.4) is 0 Å². The first-order chi connectivity index (χ1) is 28.1. The number of benzene rings is 2. The normalized spacial score (nSPS) is 27.3. The van der Waals surface area contributed by atoms with Crippen molar-refractivity contribution in [3.05, 3.63) is 76.1 Å². The van der Waals surface area contributed by atoms with Gasteiger partial charge >= 0.3 is 0 Å². The average molecular weight is 806 g/mol. The van der Waals surface area contributed by atoms with Crippen LogP contribution in [-0.4, -0.2) is 113 Å². The van der Waals surface area contributed by atoms with E-state index in [9.17, 15) is 24.0 Å². The summed E-state index contributed by atoms with van der Waals surface area (Å²) in [7, 11) is 0. The second kappa shape index (κ2) is 15.6. The average Bonchev–Trinajstić information content (AvgIpc) is 3.89. The molecule has 15 nitrogen and oxygen atoms in total. The molecule has 2 unspecified atom stereocenters. The van der Waals surface area contributed by atoms with Crippen molar-refractivity contribution in [2.45, 2.75) is 75.6 Å². The highest BCUT2D eigenvalue weighted by Crippen LogP contribution is 2.43. The van der Waals surface area contributed by atoms with E-state index >= 15 is 0 Å². The molecule has 5 heterocycles. The highest BCUT2D eigenvalue weighted by molar-refractivity contribution is 6.31. The maximum atomic E-state index is 13.4. The quantitative estimate of drug-likeness (QED) is 0.317. The van der Waals surface area contributed by atoms with Crippen LogP contribution in [0, 0.1) is 23.2 Å². The van der Waals surface area contributed by atoms with Gasteiger partial charge in [0.25, 0.3) is 17.7 Å². The number of piperidine rings is 1. The fourth-order valence-corrected chi connectivity index (χ4v) is 9.98. The van der Waals surface area contributed by atoms with Crippen molar-refractivity contribution in [2.24, 2.45) is 11.8 Å². The van der Waals surface area contributed by atoms with Crippen LogP contribution in [-0.2, 0) is 9.59 Å². The predicted octanol–water partition coefficient (Wildman–Crippen LogP) is 3.56. The van der Waals surface area contributed by atoms with Gasteiger partial charge in [-0.05, 0) is 87.1 Å². The predicted molar refractivity (Wildman–Crippen MR) is 211 cm³/mol. The number of aromatic nitrogens is 2. The van der Waals surface area contributed by atoms with Gasteiger partial charge in [0.1, 0.15) is 17.9 Å². The molecule has 5 fully saturated rings. The summed E-state index contributed by atoms with van der Waals surface area (Å²) in [5.74, 6) is 0.198. The van der Waals surface area contributed by atoms with Crippen LogP contribution in [0.1, 0.15) is 88.0 Å². The van der Waals surface area contributed by atoms with Gasteiger partial charge in [-0.15, -0.1) is 0 Å². The zero-order valence-electron chi connectivity index (χ0n) is 31.9. The summed E-state index contributed by atoms with van der Waals surface area (Å²) in [6.45, 7) is 5.21. The van der Waals surface area contributed by atoms with Crippen LogP contribution in [0.25, 0.3) is 0 Å². The number of nitriles is 1. The minimum absolute atomic E-state index is 0.0214. The van der Waals surface area contributed by atoms with Crippen LogP contribution in [0.5, 0.6) is 5.75 Å². The number of imide groups is 2. The molecule has 4 aliphatic heterocycles. The maximum Gasteiger partial charge on any atom is 0.262 e. The monoisotopic (exact) mass is 805 g/mol. The van der Waals surface area contributed by atoms with Gasteiger partial charge in [0.2, 0.25) is 17.8 Å². The maximum absolute atomic E-state index is 13.4. The summed E-state index contributed by atoms with van der Waals surface area (Å²) in [4.78, 5) is 80.9. The summed E-state index contributed by atoms with van der Waals surface area (Å²) in [5, 5.41) is 14.8. The number of anilines is 2. The smallest absolute Gasteiger partial charge is 0.262 e. The lowest BCUT2D eigenvalue weighted by molar-refractivity contribution is -0.136. The molecular weight excluding hydrogens is 762 g/mol. The van der Waals surface area contributed by atoms with Gasteiger partial charge in [-0.1, -0.05) is 11.6 Å². The van der Waals surface area contributed by atoms with Crippen molar-refractivity contribution in [3.8, 4) is 11.8 Å². The molecule has 2 saturated carbocycles. The van der Waals surface area contributed by atoms with E-state index < -0.39 is 29.7 Å². The molecular formula is C42H44ClN9O6. The van der Waals surface area contributed by atoms with Crippen molar-refractivity contribution in [3.63, 3.8) is 0 Å². The zero-order valence-corrected chi connectivity index (χ0v) is 32.7. The molecule has 9 rings (SSSR count). The minimum atomic E-state index is -0.973. The van der Waals surface area contributed by atoms with Crippen LogP contribution >= 0.6 is 11.6 Å². The third-order valence-electron chi connectivity index (χ3n) is 12.9. The van der Waals surface area contributed by atoms with Gasteiger partial charge in [-0.25, -0.2) is 9.97 Å². The zero-order chi connectivity index (χ0) is 40.1. The molecule has 0 bridgehead atoms. The molecule has 1 aromatic heterocycles. The first kappa shape index (κ1) is 38.0. The number of carbonyl (C=O) groups excluding carboxylic acids is 5. The van der Waals surface area contributed by atoms with Crippen LogP contribution < -0.4 is 25.2 Å². The lowest BCUT2D eigenvalue weighted by Crippen LogP contribution is -2.54. The molecule has 2 aromatic carbocycles. The van der Waals surface area contributed by atoms with E-state index in [0.29, 0.717) is 56.9 Å². The SMILES string of the molecule is N#Cc1ccc(OC2CCC(NC(=O)c3cnc(N4CCN(C5C[C@@H]6CN(c7ccc8c(c7)C(=O)N(C7CCC(=O)NC7=O)C8=O)C[C@@H]6C5)CC4)nc3)CC2)cc1Cl. The molecule has 5 amide bonds. The highest BCUT2D eigenvalue weighted by Gasteiger charge is 2.46. The summed E-state index contributed by atoms with van der Waals surface area (Å²) < 4.78 is 6.09. The largest absolute Gasteiger partial charge is 0.490 e. The van der Waals surface area contributed by atoms with Gasteiger partial charge in [-0.3, -0.25) is 39.1 Å². The van der Waals surface area contributed by atoms with E-state index in [1.807, 2.05) is 6.07 Å². The number of carbonyl (C=O) groups is 5. The van der Waals surface area contributed by atoms with Gasteiger partial charge in [0.15, 0.2) is 0 Å². The van der Waals surface area contributed by atoms with Crippen LogP contribution in [0.4, 0.5) is 11.6 Å². The Morgan fingerprint density at radius 2 is 1.57 bits per heavy atom. The second-order valence-electron chi connectivity index (χ2n) is 16.3. The third kappa shape index (κ3) is 7.35. The Kier molecular flexibility index (Phi) is 10.2. The number of hydrogen-bond donors (Lipinski definition) is 2. The number of piperazine rings is 1. The summed E-state index contributed by atoms with van der Waals surface area (Å²) in [6.07, 6.45) is 8.85. The number of nitrogens with zero attached hydrogens (tertiary/aromatic N) is 7. The van der Waals surface area contributed by atoms with E-state index in [1.165, 1.54) is 0 Å². The summed E-state index contributed by atoms with van der Waals surface area (Å²) >= 11 is 6.15. The highest BCUT2D eigenvalue weighted by atomic mass is 35.5. The van der Waals surface area contributed by atoms with Crippen molar-refractivity contribution in [1.29, 1.82) is 5.26 Å². The Balaban J connectivity index is 0.717. The number of amides is 5. The first-order valence-corrected chi connectivity index (χ1v) is 20.6. The number of halogens is 1. The first-order valence-electron chi connectivity index (χ1n) is 20.2. The number of ether oxygens (including phenoxy) is 1. The molecule has 3 aromatic rings. The van der Waals surface area contributed by atoms with Gasteiger partial charge in [0.05, 0.1) is 33.4 Å². The van der Waals surface area contributed by atoms with Gasteiger partial charge in [0, 0.05) is 81.9 Å². The number of nitrogens with one attached hydrogen (secondary N) is 2. The second-order valence-corrected chi connectivity index (χ2v) is 16.7. The van der Waals surface area contributed by atoms with Gasteiger partial charge < -0.3 is 19.9 Å². The van der Waals surface area contributed by atoms with Crippen molar-refractivity contribution in [2.75, 3.05) is 49.1 Å². The molecule has 0 radical (unpaired) electrons. The Bertz CT molecular complexity index is 2180. The molecule has 16 heteroatoms. The Hall–Kier alpha value is -5.59. The van der Waals surface area contributed by atoms with Crippen molar-refractivity contribution in [1.82, 2.24) is 30.4 Å². The standard InChI is InChI=1S/C42H44ClN9O6/c43-35-18-32(5-1-24(35)19-44)58-31-6-2-28(3-7-31)47-38(54)27-20-45-42(46-21-27)50-13-11-49(12-14-50)30-15-25-22-51(23-26(25)16-30)29-4-8-33-34(17-29)41(57)52(40(33)56)36-9-10-37(53)48-39(36)55/h1,4-5,8,17-18,20-21,25-26,28,30-31,36H,2-3,6-7,9-16,22-23H2,(H,47,54)(H,48,53,55)/t25-,26+,28?,30?,31?,36?. The minimum Gasteiger partial charge on any atom is -0.490 e. The van der Waals surface area contributed by atoms with E-state index in [2.05, 4.69) is 41.4 Å². The lowest BCUT2D eigenvalue weighted by atomic mass is 9.92. The number of fused-ring (bicyclic) bond motifs is 2. The molecule has 300 valence electrons.